The summed E-state index contributed by atoms with van der Waals surface area (Å²) < 4.78 is 0. The molecule has 3 heterocycles. The number of hydrogen-bond donors (Lipinski definition) is 1. The van der Waals surface area contributed by atoms with Gasteiger partial charge in [-0.2, -0.15) is 0 Å². The quantitative estimate of drug-likeness (QED) is 0.837. The molecule has 1 atom stereocenters. The molecule has 0 aromatic rings. The van der Waals surface area contributed by atoms with E-state index in [1.54, 1.807) is 0 Å². The van der Waals surface area contributed by atoms with E-state index in [4.69, 9.17) is 10.7 Å². The van der Waals surface area contributed by atoms with Crippen molar-refractivity contribution < 1.29 is 0 Å². The Labute approximate surface area is 120 Å². The molecule has 0 saturated carbocycles. The summed E-state index contributed by atoms with van der Waals surface area (Å²) in [6.45, 7) is 8.33. The van der Waals surface area contributed by atoms with E-state index in [1.807, 2.05) is 30.2 Å². The Morgan fingerprint density at radius 2 is 2.05 bits per heavy atom. The number of nitrogens with zero attached hydrogens (tertiary/aromatic N) is 3. The summed E-state index contributed by atoms with van der Waals surface area (Å²) in [5.74, 6) is 1.96. The van der Waals surface area contributed by atoms with Crippen LogP contribution in [0.2, 0.25) is 0 Å². The molecule has 0 aliphatic carbocycles. The Bertz CT molecular complexity index is 531. The molecule has 1 fully saturated rings. The second kappa shape index (κ2) is 5.29. The monoisotopic (exact) mass is 270 g/mol. The summed E-state index contributed by atoms with van der Waals surface area (Å²) >= 11 is 0. The van der Waals surface area contributed by atoms with Crippen molar-refractivity contribution in [3.05, 3.63) is 48.1 Å². The van der Waals surface area contributed by atoms with Crippen LogP contribution in [-0.2, 0) is 0 Å². The smallest absolute Gasteiger partial charge is 0.144 e. The molecule has 4 nitrogen and oxygen atoms in total. The summed E-state index contributed by atoms with van der Waals surface area (Å²) in [4.78, 5) is 9.23. The van der Waals surface area contributed by atoms with E-state index in [-0.39, 0.29) is 6.04 Å². The molecule has 0 aromatic carbocycles. The zero-order chi connectivity index (χ0) is 14.1. The van der Waals surface area contributed by atoms with Gasteiger partial charge in [0, 0.05) is 42.7 Å². The summed E-state index contributed by atoms with van der Waals surface area (Å²) in [7, 11) is 0. The molecule has 3 aliphatic heterocycles. The minimum Gasteiger partial charge on any atom is -0.356 e. The molecule has 0 bridgehead atoms. The van der Waals surface area contributed by atoms with Gasteiger partial charge in [0.25, 0.3) is 0 Å². The standard InChI is InChI=1S/C16H22N4/c1-12-11-15(19-8-4-3-5-9-19)18-16-14(13(2)17)7-6-10-20(12)16/h6-7,10-11,13H,1,3-5,8-9,17H2,2H3. The van der Waals surface area contributed by atoms with Crippen molar-refractivity contribution in [2.24, 2.45) is 10.7 Å². The van der Waals surface area contributed by atoms with Gasteiger partial charge >= 0.3 is 0 Å². The average molecular weight is 270 g/mol. The number of amidine groups is 1. The van der Waals surface area contributed by atoms with Crippen molar-refractivity contribution in [1.82, 2.24) is 9.80 Å². The first-order valence-corrected chi connectivity index (χ1v) is 7.34. The van der Waals surface area contributed by atoms with E-state index >= 15 is 0 Å². The van der Waals surface area contributed by atoms with E-state index in [0.717, 1.165) is 36.0 Å². The predicted octanol–water partition coefficient (Wildman–Crippen LogP) is 2.34. The molecule has 1 unspecified atom stereocenters. The SMILES string of the molecule is C=C1C=C(N2CCCCC2)N=C2C(C(C)N)=CC=CN12. The molecule has 0 aromatic heterocycles. The average Bonchev–Trinajstić information content (AvgIpc) is 2.47. The van der Waals surface area contributed by atoms with Crippen LogP contribution in [0.5, 0.6) is 0 Å². The van der Waals surface area contributed by atoms with Crippen molar-refractivity contribution >= 4 is 5.84 Å². The van der Waals surface area contributed by atoms with Crippen molar-refractivity contribution in [3.63, 3.8) is 0 Å². The summed E-state index contributed by atoms with van der Waals surface area (Å²) in [5.41, 5.74) is 8.09. The van der Waals surface area contributed by atoms with Crippen molar-refractivity contribution in [2.75, 3.05) is 13.1 Å². The summed E-state index contributed by atoms with van der Waals surface area (Å²) in [5, 5.41) is 0. The second-order valence-corrected chi connectivity index (χ2v) is 5.60. The van der Waals surface area contributed by atoms with Gasteiger partial charge < -0.3 is 15.5 Å². The number of likely N-dealkylation sites (tertiary alicyclic amines) is 1. The Hall–Kier alpha value is -1.81. The fraction of sp³-hybridized carbons (Fsp3) is 0.438. The number of fused-ring (bicyclic) bond motifs is 1. The zero-order valence-electron chi connectivity index (χ0n) is 12.0. The minimum absolute atomic E-state index is 0.0327. The molecule has 4 heteroatoms. The minimum atomic E-state index is -0.0327. The summed E-state index contributed by atoms with van der Waals surface area (Å²) in [6.07, 6.45) is 11.9. The van der Waals surface area contributed by atoms with E-state index in [1.165, 1.54) is 19.3 Å². The molecule has 0 spiro atoms. The van der Waals surface area contributed by atoms with Crippen LogP contribution in [0.15, 0.2) is 53.1 Å². The maximum absolute atomic E-state index is 6.07. The van der Waals surface area contributed by atoms with Crippen LogP contribution in [0.1, 0.15) is 26.2 Å². The van der Waals surface area contributed by atoms with E-state index < -0.39 is 0 Å². The lowest BCUT2D eigenvalue weighted by Gasteiger charge is -2.36. The number of rotatable bonds is 2. The topological polar surface area (TPSA) is 44.9 Å². The number of piperidine rings is 1. The third kappa shape index (κ3) is 2.31. The lowest BCUT2D eigenvalue weighted by molar-refractivity contribution is 0.281. The Morgan fingerprint density at radius 3 is 2.75 bits per heavy atom. The van der Waals surface area contributed by atoms with Crippen LogP contribution in [-0.4, -0.2) is 34.8 Å². The second-order valence-electron chi connectivity index (χ2n) is 5.60. The first-order valence-electron chi connectivity index (χ1n) is 7.34. The molecule has 3 rings (SSSR count). The van der Waals surface area contributed by atoms with E-state index in [9.17, 15) is 0 Å². The summed E-state index contributed by atoms with van der Waals surface area (Å²) in [6, 6.07) is -0.0327. The predicted molar refractivity (Wildman–Crippen MR) is 82.8 cm³/mol. The fourth-order valence-corrected chi connectivity index (χ4v) is 2.87. The maximum atomic E-state index is 6.07. The highest BCUT2D eigenvalue weighted by atomic mass is 15.3. The third-order valence-corrected chi connectivity index (χ3v) is 3.99. The fourth-order valence-electron chi connectivity index (χ4n) is 2.87. The van der Waals surface area contributed by atoms with Crippen LogP contribution in [0, 0.1) is 0 Å². The normalized spacial score (nSPS) is 23.9. The van der Waals surface area contributed by atoms with E-state index in [0.29, 0.717) is 0 Å². The molecular weight excluding hydrogens is 248 g/mol. The lowest BCUT2D eigenvalue weighted by Crippen LogP contribution is -2.39. The molecule has 106 valence electrons. The van der Waals surface area contributed by atoms with Crippen LogP contribution in [0.3, 0.4) is 0 Å². The number of hydrogen-bond acceptors (Lipinski definition) is 4. The number of aliphatic imine (C=N–C) groups is 1. The Kier molecular flexibility index (Phi) is 3.49. The number of nitrogens with two attached hydrogens (primary N) is 1. The zero-order valence-corrected chi connectivity index (χ0v) is 12.0. The van der Waals surface area contributed by atoms with Crippen molar-refractivity contribution in [2.45, 2.75) is 32.2 Å². The number of allylic oxidation sites excluding steroid dienone is 3. The van der Waals surface area contributed by atoms with Gasteiger partial charge in [-0.25, -0.2) is 4.99 Å². The van der Waals surface area contributed by atoms with Gasteiger partial charge in [-0.1, -0.05) is 12.7 Å². The molecule has 3 aliphatic rings. The first-order chi connectivity index (χ1) is 9.66. The van der Waals surface area contributed by atoms with Crippen LogP contribution >= 0.6 is 0 Å². The highest BCUT2D eigenvalue weighted by molar-refractivity contribution is 6.03. The first kappa shape index (κ1) is 13.2. The van der Waals surface area contributed by atoms with Crippen LogP contribution in [0.25, 0.3) is 0 Å². The Balaban J connectivity index is 1.93. The molecular formula is C16H22N4. The van der Waals surface area contributed by atoms with Gasteiger partial charge in [-0.15, -0.1) is 0 Å². The van der Waals surface area contributed by atoms with E-state index in [2.05, 4.69) is 17.6 Å². The van der Waals surface area contributed by atoms with Gasteiger partial charge in [0.1, 0.15) is 11.7 Å². The Morgan fingerprint density at radius 1 is 1.30 bits per heavy atom. The largest absolute Gasteiger partial charge is 0.356 e. The highest BCUT2D eigenvalue weighted by Gasteiger charge is 2.26. The highest BCUT2D eigenvalue weighted by Crippen LogP contribution is 2.27. The van der Waals surface area contributed by atoms with Gasteiger partial charge in [0.05, 0.1) is 0 Å². The molecule has 20 heavy (non-hydrogen) atoms. The van der Waals surface area contributed by atoms with Crippen molar-refractivity contribution in [3.8, 4) is 0 Å². The van der Waals surface area contributed by atoms with Crippen molar-refractivity contribution in [1.29, 1.82) is 0 Å². The molecule has 0 radical (unpaired) electrons. The van der Waals surface area contributed by atoms with Gasteiger partial charge in [0.15, 0.2) is 0 Å². The van der Waals surface area contributed by atoms with Crippen LogP contribution in [0.4, 0.5) is 0 Å². The molecule has 2 N–H and O–H groups in total. The molecule has 1 saturated heterocycles. The lowest BCUT2D eigenvalue weighted by atomic mass is 10.0. The van der Waals surface area contributed by atoms with Gasteiger partial charge in [-0.3, -0.25) is 0 Å². The van der Waals surface area contributed by atoms with Gasteiger partial charge in [0.2, 0.25) is 0 Å². The third-order valence-electron chi connectivity index (χ3n) is 3.99. The van der Waals surface area contributed by atoms with Gasteiger partial charge in [-0.05, 0) is 32.3 Å². The molecule has 0 amide bonds. The van der Waals surface area contributed by atoms with Crippen LogP contribution < -0.4 is 5.73 Å². The maximum Gasteiger partial charge on any atom is 0.144 e.